The van der Waals surface area contributed by atoms with Gasteiger partial charge in [-0.3, -0.25) is 9.59 Å². The molecule has 0 atom stereocenters. The lowest BCUT2D eigenvalue weighted by atomic mass is 10.2. The van der Waals surface area contributed by atoms with Gasteiger partial charge >= 0.3 is 0 Å². The van der Waals surface area contributed by atoms with Crippen LogP contribution in [0.2, 0.25) is 0 Å². The molecule has 1 aliphatic heterocycles. The van der Waals surface area contributed by atoms with E-state index in [0.717, 1.165) is 11.4 Å². The van der Waals surface area contributed by atoms with Gasteiger partial charge in [-0.2, -0.15) is 0 Å². The molecule has 4 rings (SSSR count). The Balaban J connectivity index is 1.19. The highest BCUT2D eigenvalue weighted by molar-refractivity contribution is 5.93. The summed E-state index contributed by atoms with van der Waals surface area (Å²) >= 11 is 0. The van der Waals surface area contributed by atoms with Gasteiger partial charge in [0.25, 0.3) is 0 Å². The van der Waals surface area contributed by atoms with E-state index in [1.807, 2.05) is 30.3 Å². The number of hydrogen-bond acceptors (Lipinski definition) is 4. The molecule has 6 nitrogen and oxygen atoms in total. The summed E-state index contributed by atoms with van der Waals surface area (Å²) in [5, 5.41) is 2.82. The van der Waals surface area contributed by atoms with Gasteiger partial charge in [-0.15, -0.1) is 0 Å². The van der Waals surface area contributed by atoms with Crippen LogP contribution >= 0.6 is 0 Å². The standard InChI is InChI=1S/C26H26FN3O3/c27-20-6-10-22(11-7-20)29-16-18-30(19-17-29)26(32)15-14-25(31)28-21-8-12-24(13-9-21)33-23-4-2-1-3-5-23/h1-13H,14-19H2,(H,28,31). The normalized spacial score (nSPS) is 13.5. The van der Waals surface area contributed by atoms with E-state index in [2.05, 4.69) is 10.2 Å². The third-order valence-corrected chi connectivity index (χ3v) is 5.51. The van der Waals surface area contributed by atoms with Crippen molar-refractivity contribution in [2.75, 3.05) is 36.4 Å². The van der Waals surface area contributed by atoms with Gasteiger partial charge in [-0.1, -0.05) is 18.2 Å². The molecule has 0 spiro atoms. The molecule has 0 saturated carbocycles. The van der Waals surface area contributed by atoms with Crippen molar-refractivity contribution < 1.29 is 18.7 Å². The van der Waals surface area contributed by atoms with Crippen molar-refractivity contribution in [2.45, 2.75) is 12.8 Å². The van der Waals surface area contributed by atoms with Gasteiger partial charge in [0, 0.05) is 50.4 Å². The zero-order valence-corrected chi connectivity index (χ0v) is 18.2. The van der Waals surface area contributed by atoms with Crippen LogP contribution in [0.5, 0.6) is 11.5 Å². The van der Waals surface area contributed by atoms with Crippen molar-refractivity contribution >= 4 is 23.2 Å². The first kappa shape index (κ1) is 22.3. The van der Waals surface area contributed by atoms with Crippen molar-refractivity contribution in [1.29, 1.82) is 0 Å². The summed E-state index contributed by atoms with van der Waals surface area (Å²) in [7, 11) is 0. The van der Waals surface area contributed by atoms with Gasteiger partial charge in [-0.25, -0.2) is 4.39 Å². The average Bonchev–Trinajstić information content (AvgIpc) is 2.85. The Labute approximate surface area is 192 Å². The predicted molar refractivity (Wildman–Crippen MR) is 126 cm³/mol. The minimum Gasteiger partial charge on any atom is -0.457 e. The lowest BCUT2D eigenvalue weighted by molar-refractivity contribution is -0.133. The molecule has 1 fully saturated rings. The topological polar surface area (TPSA) is 61.9 Å². The van der Waals surface area contributed by atoms with E-state index in [1.165, 1.54) is 12.1 Å². The molecule has 3 aromatic rings. The molecule has 1 aliphatic rings. The fraction of sp³-hybridized carbons (Fsp3) is 0.231. The zero-order valence-electron chi connectivity index (χ0n) is 18.2. The van der Waals surface area contributed by atoms with E-state index in [1.54, 1.807) is 41.3 Å². The predicted octanol–water partition coefficient (Wildman–Crippen LogP) is 4.69. The average molecular weight is 448 g/mol. The maximum absolute atomic E-state index is 13.1. The second kappa shape index (κ2) is 10.6. The van der Waals surface area contributed by atoms with E-state index in [9.17, 15) is 14.0 Å². The maximum atomic E-state index is 13.1. The zero-order chi connectivity index (χ0) is 23.0. The molecule has 1 heterocycles. The molecular formula is C26H26FN3O3. The second-order valence-electron chi connectivity index (χ2n) is 7.83. The Hall–Kier alpha value is -3.87. The molecule has 1 saturated heterocycles. The Morgan fingerprint density at radius 1 is 0.788 bits per heavy atom. The van der Waals surface area contributed by atoms with E-state index in [-0.39, 0.29) is 30.5 Å². The molecule has 3 aromatic carbocycles. The van der Waals surface area contributed by atoms with Crippen LogP contribution in [0, 0.1) is 5.82 Å². The first-order valence-electron chi connectivity index (χ1n) is 11.0. The number of rotatable bonds is 7. The lowest BCUT2D eigenvalue weighted by Crippen LogP contribution is -2.48. The molecule has 0 aromatic heterocycles. The fourth-order valence-electron chi connectivity index (χ4n) is 3.70. The highest BCUT2D eigenvalue weighted by Crippen LogP contribution is 2.23. The summed E-state index contributed by atoms with van der Waals surface area (Å²) in [6.45, 7) is 2.53. The van der Waals surface area contributed by atoms with Crippen molar-refractivity contribution in [3.63, 3.8) is 0 Å². The number of nitrogens with zero attached hydrogens (tertiary/aromatic N) is 2. The fourth-order valence-corrected chi connectivity index (χ4v) is 3.70. The SMILES string of the molecule is O=C(CCC(=O)N1CCN(c2ccc(F)cc2)CC1)Nc1ccc(Oc2ccccc2)cc1. The Bertz CT molecular complexity index is 1060. The van der Waals surface area contributed by atoms with E-state index in [4.69, 9.17) is 4.74 Å². The number of piperazine rings is 1. The molecule has 0 unspecified atom stereocenters. The number of anilines is 2. The van der Waals surface area contributed by atoms with Crippen LogP contribution < -0.4 is 15.0 Å². The Morgan fingerprint density at radius 2 is 1.42 bits per heavy atom. The van der Waals surface area contributed by atoms with Gasteiger partial charge in [0.15, 0.2) is 0 Å². The summed E-state index contributed by atoms with van der Waals surface area (Å²) in [6, 6.07) is 22.9. The van der Waals surface area contributed by atoms with Crippen LogP contribution in [0.4, 0.5) is 15.8 Å². The van der Waals surface area contributed by atoms with Crippen LogP contribution in [-0.2, 0) is 9.59 Å². The number of nitrogens with one attached hydrogen (secondary N) is 1. The molecule has 0 aliphatic carbocycles. The molecule has 170 valence electrons. The number of carbonyl (C=O) groups excluding carboxylic acids is 2. The van der Waals surface area contributed by atoms with Crippen LogP contribution in [0.25, 0.3) is 0 Å². The van der Waals surface area contributed by atoms with Gasteiger partial charge < -0.3 is 19.9 Å². The number of ether oxygens (including phenoxy) is 1. The van der Waals surface area contributed by atoms with Gasteiger partial charge in [-0.05, 0) is 60.7 Å². The summed E-state index contributed by atoms with van der Waals surface area (Å²) in [6.07, 6.45) is 0.289. The summed E-state index contributed by atoms with van der Waals surface area (Å²) in [5.74, 6) is 0.920. The molecule has 0 bridgehead atoms. The molecule has 7 heteroatoms. The van der Waals surface area contributed by atoms with Crippen molar-refractivity contribution in [1.82, 2.24) is 4.90 Å². The first-order valence-corrected chi connectivity index (χ1v) is 11.0. The number of hydrogen-bond donors (Lipinski definition) is 1. The Kier molecular flexibility index (Phi) is 7.19. The second-order valence-corrected chi connectivity index (χ2v) is 7.83. The van der Waals surface area contributed by atoms with Crippen molar-refractivity contribution in [2.24, 2.45) is 0 Å². The number of benzene rings is 3. The number of para-hydroxylation sites is 1. The van der Waals surface area contributed by atoms with E-state index >= 15 is 0 Å². The number of amides is 2. The van der Waals surface area contributed by atoms with Gasteiger partial charge in [0.1, 0.15) is 17.3 Å². The van der Waals surface area contributed by atoms with Crippen LogP contribution in [0.3, 0.4) is 0 Å². The summed E-state index contributed by atoms with van der Waals surface area (Å²) in [5.41, 5.74) is 1.60. The van der Waals surface area contributed by atoms with E-state index < -0.39 is 0 Å². The minimum absolute atomic E-state index is 0.0319. The molecule has 0 radical (unpaired) electrons. The smallest absolute Gasteiger partial charge is 0.224 e. The quantitative estimate of drug-likeness (QED) is 0.571. The first-order chi connectivity index (χ1) is 16.1. The maximum Gasteiger partial charge on any atom is 0.224 e. The van der Waals surface area contributed by atoms with E-state index in [0.29, 0.717) is 37.6 Å². The highest BCUT2D eigenvalue weighted by atomic mass is 19.1. The molecule has 2 amide bonds. The summed E-state index contributed by atoms with van der Waals surface area (Å²) < 4.78 is 18.8. The third-order valence-electron chi connectivity index (χ3n) is 5.51. The minimum atomic E-state index is -0.262. The van der Waals surface area contributed by atoms with Crippen molar-refractivity contribution in [3.8, 4) is 11.5 Å². The van der Waals surface area contributed by atoms with Crippen LogP contribution in [0.15, 0.2) is 78.9 Å². The lowest BCUT2D eigenvalue weighted by Gasteiger charge is -2.36. The van der Waals surface area contributed by atoms with Crippen molar-refractivity contribution in [3.05, 3.63) is 84.7 Å². The third kappa shape index (κ3) is 6.32. The summed E-state index contributed by atoms with van der Waals surface area (Å²) in [4.78, 5) is 28.7. The molecule has 1 N–H and O–H groups in total. The Morgan fingerprint density at radius 3 is 2.09 bits per heavy atom. The van der Waals surface area contributed by atoms with Crippen LogP contribution in [-0.4, -0.2) is 42.9 Å². The molecular weight excluding hydrogens is 421 g/mol. The van der Waals surface area contributed by atoms with Gasteiger partial charge in [0.2, 0.25) is 11.8 Å². The molecule has 33 heavy (non-hydrogen) atoms. The van der Waals surface area contributed by atoms with Crippen LogP contribution in [0.1, 0.15) is 12.8 Å². The largest absolute Gasteiger partial charge is 0.457 e. The number of halogens is 1. The number of carbonyl (C=O) groups is 2. The highest BCUT2D eigenvalue weighted by Gasteiger charge is 2.21. The van der Waals surface area contributed by atoms with Gasteiger partial charge in [0.05, 0.1) is 0 Å². The monoisotopic (exact) mass is 447 g/mol.